The number of aryl methyl sites for hydroxylation is 1. The van der Waals surface area contributed by atoms with Crippen molar-refractivity contribution >= 4 is 5.95 Å². The van der Waals surface area contributed by atoms with Gasteiger partial charge in [-0.15, -0.1) is 0 Å². The van der Waals surface area contributed by atoms with E-state index in [2.05, 4.69) is 40.1 Å². The molecule has 0 amide bonds. The number of anilines is 1. The van der Waals surface area contributed by atoms with Crippen molar-refractivity contribution < 1.29 is 4.74 Å². The first-order valence-corrected chi connectivity index (χ1v) is 6.53. The number of nitrogens with zero attached hydrogens (tertiary/aromatic N) is 2. The molecule has 0 spiro atoms. The molecule has 1 aromatic heterocycles. The summed E-state index contributed by atoms with van der Waals surface area (Å²) in [6, 6.07) is 10.6. The van der Waals surface area contributed by atoms with E-state index in [9.17, 15) is 0 Å². The molecule has 0 saturated heterocycles. The molecule has 1 atom stereocenters. The molecule has 0 aliphatic carbocycles. The molecule has 0 radical (unpaired) electrons. The van der Waals surface area contributed by atoms with Gasteiger partial charge in [0.05, 0.1) is 18.3 Å². The predicted molar refractivity (Wildman–Crippen MR) is 77.3 cm³/mol. The quantitative estimate of drug-likeness (QED) is 0.866. The van der Waals surface area contributed by atoms with Gasteiger partial charge in [0.1, 0.15) is 0 Å². The number of hydrogen-bond acceptors (Lipinski definition) is 3. The molecule has 4 nitrogen and oxygen atoms in total. The molecular weight excluding hydrogens is 238 g/mol. The van der Waals surface area contributed by atoms with Gasteiger partial charge in [-0.25, -0.2) is 4.98 Å². The third kappa shape index (κ3) is 3.58. The van der Waals surface area contributed by atoms with Crippen LogP contribution in [-0.2, 0) is 11.3 Å². The summed E-state index contributed by atoms with van der Waals surface area (Å²) < 4.78 is 7.34. The number of benzene rings is 1. The average molecular weight is 259 g/mol. The number of hydrogen-bond donors (Lipinski definition) is 1. The smallest absolute Gasteiger partial charge is 0.203 e. The highest BCUT2D eigenvalue weighted by molar-refractivity contribution is 5.31. The van der Waals surface area contributed by atoms with Crippen LogP contribution in [0.5, 0.6) is 0 Å². The minimum atomic E-state index is 0.268. The Balaban J connectivity index is 2.07. The molecule has 1 heterocycles. The molecule has 102 valence electrons. The van der Waals surface area contributed by atoms with Gasteiger partial charge in [0.2, 0.25) is 5.95 Å². The summed E-state index contributed by atoms with van der Waals surface area (Å²) in [6.45, 7) is 5.58. The normalized spacial score (nSPS) is 12.4. The van der Waals surface area contributed by atoms with Crippen molar-refractivity contribution in [2.75, 3.05) is 19.0 Å². The van der Waals surface area contributed by atoms with E-state index < -0.39 is 0 Å². The van der Waals surface area contributed by atoms with Crippen LogP contribution in [0.15, 0.2) is 36.5 Å². The summed E-state index contributed by atoms with van der Waals surface area (Å²) in [7, 11) is 1.72. The predicted octanol–water partition coefficient (Wildman–Crippen LogP) is 3.01. The topological polar surface area (TPSA) is 39.1 Å². The van der Waals surface area contributed by atoms with E-state index in [1.54, 1.807) is 7.11 Å². The minimum absolute atomic E-state index is 0.268. The zero-order valence-corrected chi connectivity index (χ0v) is 11.8. The highest BCUT2D eigenvalue weighted by atomic mass is 16.5. The summed E-state index contributed by atoms with van der Waals surface area (Å²) in [4.78, 5) is 4.53. The molecule has 1 unspecified atom stereocenters. The highest BCUT2D eigenvalue weighted by Crippen LogP contribution is 2.17. The maximum Gasteiger partial charge on any atom is 0.203 e. The van der Waals surface area contributed by atoms with Gasteiger partial charge in [0.25, 0.3) is 0 Å². The minimum Gasteiger partial charge on any atom is -0.383 e. The zero-order chi connectivity index (χ0) is 13.7. The Morgan fingerprint density at radius 1 is 1.32 bits per heavy atom. The first kappa shape index (κ1) is 13.6. The van der Waals surface area contributed by atoms with Crippen molar-refractivity contribution in [3.8, 4) is 0 Å². The lowest BCUT2D eigenvalue weighted by atomic mass is 10.2. The molecule has 4 heteroatoms. The monoisotopic (exact) mass is 259 g/mol. The second kappa shape index (κ2) is 6.38. The Bertz CT molecular complexity index is 507. The number of nitrogens with one attached hydrogen (secondary N) is 1. The van der Waals surface area contributed by atoms with E-state index in [4.69, 9.17) is 4.74 Å². The molecule has 0 saturated carbocycles. The molecule has 1 N–H and O–H groups in total. The van der Waals surface area contributed by atoms with Gasteiger partial charge < -0.3 is 14.6 Å². The number of rotatable bonds is 6. The molecule has 2 aromatic rings. The van der Waals surface area contributed by atoms with Gasteiger partial charge in [-0.1, -0.05) is 30.3 Å². The second-order valence-corrected chi connectivity index (χ2v) is 4.76. The Hall–Kier alpha value is -1.81. The van der Waals surface area contributed by atoms with Gasteiger partial charge in [0, 0.05) is 19.9 Å². The molecule has 0 bridgehead atoms. The van der Waals surface area contributed by atoms with Crippen molar-refractivity contribution in [1.82, 2.24) is 9.55 Å². The zero-order valence-electron chi connectivity index (χ0n) is 11.8. The van der Waals surface area contributed by atoms with E-state index in [0.29, 0.717) is 6.61 Å². The first-order valence-electron chi connectivity index (χ1n) is 6.53. The van der Waals surface area contributed by atoms with Crippen LogP contribution in [0.3, 0.4) is 0 Å². The van der Waals surface area contributed by atoms with Crippen molar-refractivity contribution in [3.63, 3.8) is 0 Å². The van der Waals surface area contributed by atoms with Gasteiger partial charge >= 0.3 is 0 Å². The van der Waals surface area contributed by atoms with Crippen molar-refractivity contribution in [3.05, 3.63) is 47.8 Å². The fourth-order valence-electron chi connectivity index (χ4n) is 2.08. The Morgan fingerprint density at radius 3 is 2.74 bits per heavy atom. The Labute approximate surface area is 114 Å². The standard InChI is InChI=1S/C15H21N3O/c1-12-10-18(13(2)11-19-3)15(17-12)16-9-14-7-5-4-6-8-14/h4-8,10,13H,9,11H2,1-3H3,(H,16,17). The third-order valence-corrected chi connectivity index (χ3v) is 3.03. The Morgan fingerprint density at radius 2 is 2.05 bits per heavy atom. The molecule has 2 rings (SSSR count). The van der Waals surface area contributed by atoms with Gasteiger partial charge in [-0.3, -0.25) is 0 Å². The van der Waals surface area contributed by atoms with Gasteiger partial charge in [0.15, 0.2) is 0 Å². The van der Waals surface area contributed by atoms with Crippen LogP contribution in [0.2, 0.25) is 0 Å². The largest absolute Gasteiger partial charge is 0.383 e. The van der Waals surface area contributed by atoms with E-state index in [1.807, 2.05) is 25.1 Å². The highest BCUT2D eigenvalue weighted by Gasteiger charge is 2.11. The summed E-state index contributed by atoms with van der Waals surface area (Å²) in [6.07, 6.45) is 2.05. The third-order valence-electron chi connectivity index (χ3n) is 3.03. The number of aromatic nitrogens is 2. The van der Waals surface area contributed by atoms with Crippen molar-refractivity contribution in [2.24, 2.45) is 0 Å². The first-order chi connectivity index (χ1) is 9.20. The van der Waals surface area contributed by atoms with Crippen LogP contribution in [0, 0.1) is 6.92 Å². The van der Waals surface area contributed by atoms with Gasteiger partial charge in [-0.05, 0) is 19.4 Å². The van der Waals surface area contributed by atoms with E-state index in [0.717, 1.165) is 18.2 Å². The second-order valence-electron chi connectivity index (χ2n) is 4.76. The van der Waals surface area contributed by atoms with Crippen LogP contribution in [-0.4, -0.2) is 23.3 Å². The molecule has 0 aliphatic rings. The fourth-order valence-corrected chi connectivity index (χ4v) is 2.08. The number of ether oxygens (including phenoxy) is 1. The van der Waals surface area contributed by atoms with Crippen LogP contribution in [0.4, 0.5) is 5.95 Å². The summed E-state index contributed by atoms with van der Waals surface area (Å²) in [5.74, 6) is 0.894. The lowest BCUT2D eigenvalue weighted by Crippen LogP contribution is -2.14. The van der Waals surface area contributed by atoms with Crippen LogP contribution in [0.25, 0.3) is 0 Å². The summed E-state index contributed by atoms with van der Waals surface area (Å²) >= 11 is 0. The van der Waals surface area contributed by atoms with Crippen molar-refractivity contribution in [1.29, 1.82) is 0 Å². The fraction of sp³-hybridized carbons (Fsp3) is 0.400. The summed E-state index contributed by atoms with van der Waals surface area (Å²) in [5, 5.41) is 3.39. The molecule has 0 fully saturated rings. The van der Waals surface area contributed by atoms with E-state index in [-0.39, 0.29) is 6.04 Å². The average Bonchev–Trinajstić information content (AvgIpc) is 2.79. The Kier molecular flexibility index (Phi) is 4.58. The lowest BCUT2D eigenvalue weighted by molar-refractivity contribution is 0.163. The lowest BCUT2D eigenvalue weighted by Gasteiger charge is -2.16. The molecule has 0 aliphatic heterocycles. The van der Waals surface area contributed by atoms with Crippen molar-refractivity contribution in [2.45, 2.75) is 26.4 Å². The molecule has 19 heavy (non-hydrogen) atoms. The maximum atomic E-state index is 5.21. The molecular formula is C15H21N3O. The van der Waals surface area contributed by atoms with Crippen LogP contribution in [0.1, 0.15) is 24.2 Å². The molecule has 1 aromatic carbocycles. The van der Waals surface area contributed by atoms with Crippen LogP contribution < -0.4 is 5.32 Å². The summed E-state index contributed by atoms with van der Waals surface area (Å²) in [5.41, 5.74) is 2.26. The van der Waals surface area contributed by atoms with Crippen LogP contribution >= 0.6 is 0 Å². The number of methoxy groups -OCH3 is 1. The number of imidazole rings is 1. The maximum absolute atomic E-state index is 5.21. The van der Waals surface area contributed by atoms with Gasteiger partial charge in [-0.2, -0.15) is 0 Å². The SMILES string of the molecule is COCC(C)n1cc(C)nc1NCc1ccccc1. The van der Waals surface area contributed by atoms with E-state index in [1.165, 1.54) is 5.56 Å². The van der Waals surface area contributed by atoms with E-state index >= 15 is 0 Å².